The van der Waals surface area contributed by atoms with Crippen LogP contribution >= 0.6 is 11.6 Å². The SMILES string of the molecule is CNCc1c(Cl)cccc1OCc1ncnn1C. The summed E-state index contributed by atoms with van der Waals surface area (Å²) in [5.74, 6) is 1.53. The Bertz CT molecular complexity index is 527. The molecule has 0 fully saturated rings. The van der Waals surface area contributed by atoms with Gasteiger partial charge >= 0.3 is 0 Å². The first kappa shape index (κ1) is 12.9. The lowest BCUT2D eigenvalue weighted by molar-refractivity contribution is 0.286. The van der Waals surface area contributed by atoms with Gasteiger partial charge in [-0.1, -0.05) is 17.7 Å². The molecular weight excluding hydrogens is 252 g/mol. The van der Waals surface area contributed by atoms with Gasteiger partial charge in [-0.05, 0) is 19.2 Å². The summed E-state index contributed by atoms with van der Waals surface area (Å²) < 4.78 is 7.43. The maximum Gasteiger partial charge on any atom is 0.164 e. The number of ether oxygens (including phenoxy) is 1. The van der Waals surface area contributed by atoms with Gasteiger partial charge in [-0.15, -0.1) is 0 Å². The van der Waals surface area contributed by atoms with Gasteiger partial charge in [0.25, 0.3) is 0 Å². The van der Waals surface area contributed by atoms with E-state index in [1.807, 2.05) is 32.3 Å². The lowest BCUT2D eigenvalue weighted by atomic mass is 10.2. The summed E-state index contributed by atoms with van der Waals surface area (Å²) in [4.78, 5) is 4.11. The molecule has 0 atom stereocenters. The van der Waals surface area contributed by atoms with Crippen molar-refractivity contribution in [2.45, 2.75) is 13.2 Å². The summed E-state index contributed by atoms with van der Waals surface area (Å²) in [5.41, 5.74) is 0.948. The third kappa shape index (κ3) is 2.80. The quantitative estimate of drug-likeness (QED) is 0.896. The van der Waals surface area contributed by atoms with Crippen molar-refractivity contribution in [3.05, 3.63) is 40.9 Å². The minimum absolute atomic E-state index is 0.369. The topological polar surface area (TPSA) is 52.0 Å². The van der Waals surface area contributed by atoms with Gasteiger partial charge in [-0.3, -0.25) is 4.68 Å². The number of aromatic nitrogens is 3. The predicted molar refractivity (Wildman–Crippen MR) is 69.6 cm³/mol. The van der Waals surface area contributed by atoms with E-state index in [4.69, 9.17) is 16.3 Å². The molecule has 18 heavy (non-hydrogen) atoms. The lowest BCUT2D eigenvalue weighted by Gasteiger charge is -2.12. The van der Waals surface area contributed by atoms with E-state index in [0.717, 1.165) is 17.1 Å². The molecule has 0 saturated heterocycles. The molecule has 0 aliphatic rings. The molecule has 0 unspecified atom stereocenters. The first-order chi connectivity index (χ1) is 8.72. The van der Waals surface area contributed by atoms with Crippen molar-refractivity contribution in [1.82, 2.24) is 20.1 Å². The molecule has 0 saturated carbocycles. The Morgan fingerprint density at radius 2 is 2.28 bits per heavy atom. The molecule has 0 aliphatic carbocycles. The van der Waals surface area contributed by atoms with Crippen molar-refractivity contribution in [2.75, 3.05) is 7.05 Å². The molecule has 2 aromatic rings. The van der Waals surface area contributed by atoms with E-state index in [9.17, 15) is 0 Å². The third-order valence-electron chi connectivity index (χ3n) is 2.59. The van der Waals surface area contributed by atoms with Crippen LogP contribution in [0.2, 0.25) is 5.02 Å². The van der Waals surface area contributed by atoms with E-state index in [1.165, 1.54) is 6.33 Å². The van der Waals surface area contributed by atoms with Gasteiger partial charge in [0.05, 0.1) is 0 Å². The van der Waals surface area contributed by atoms with Gasteiger partial charge in [0.2, 0.25) is 0 Å². The Balaban J connectivity index is 2.14. The maximum absolute atomic E-state index is 6.15. The molecule has 1 N–H and O–H groups in total. The van der Waals surface area contributed by atoms with Crippen LogP contribution < -0.4 is 10.1 Å². The normalized spacial score (nSPS) is 10.6. The number of benzene rings is 1. The summed E-state index contributed by atoms with van der Waals surface area (Å²) in [7, 11) is 3.70. The first-order valence-electron chi connectivity index (χ1n) is 5.60. The van der Waals surface area contributed by atoms with Crippen LogP contribution in [-0.2, 0) is 20.2 Å². The average Bonchev–Trinajstić information content (AvgIpc) is 2.76. The minimum atomic E-state index is 0.369. The Hall–Kier alpha value is -1.59. The second-order valence-corrected chi connectivity index (χ2v) is 4.24. The second-order valence-electron chi connectivity index (χ2n) is 3.84. The summed E-state index contributed by atoms with van der Waals surface area (Å²) in [6, 6.07) is 5.62. The molecule has 5 nitrogen and oxygen atoms in total. The molecule has 96 valence electrons. The molecule has 0 radical (unpaired) electrons. The fourth-order valence-electron chi connectivity index (χ4n) is 1.62. The zero-order valence-electron chi connectivity index (χ0n) is 10.4. The van der Waals surface area contributed by atoms with Crippen molar-refractivity contribution in [3.8, 4) is 5.75 Å². The molecule has 0 amide bonds. The zero-order chi connectivity index (χ0) is 13.0. The fourth-order valence-corrected chi connectivity index (χ4v) is 1.85. The number of aryl methyl sites for hydroxylation is 1. The minimum Gasteiger partial charge on any atom is -0.485 e. The van der Waals surface area contributed by atoms with Crippen LogP contribution in [0.3, 0.4) is 0 Å². The summed E-state index contributed by atoms with van der Waals surface area (Å²) in [6.45, 7) is 1.03. The van der Waals surface area contributed by atoms with Crippen LogP contribution in [0.5, 0.6) is 5.75 Å². The van der Waals surface area contributed by atoms with Gasteiger partial charge in [0, 0.05) is 24.2 Å². The van der Waals surface area contributed by atoms with Crippen LogP contribution in [-0.4, -0.2) is 21.8 Å². The largest absolute Gasteiger partial charge is 0.485 e. The van der Waals surface area contributed by atoms with E-state index < -0.39 is 0 Å². The highest BCUT2D eigenvalue weighted by Gasteiger charge is 2.09. The van der Waals surface area contributed by atoms with Crippen LogP contribution in [0, 0.1) is 0 Å². The van der Waals surface area contributed by atoms with Gasteiger partial charge in [-0.2, -0.15) is 5.10 Å². The van der Waals surface area contributed by atoms with Crippen molar-refractivity contribution in [2.24, 2.45) is 7.05 Å². The molecule has 0 spiro atoms. The standard InChI is InChI=1S/C12H15ClN4O/c1-14-6-9-10(13)4-3-5-11(9)18-7-12-15-8-16-17(12)2/h3-5,8,14H,6-7H2,1-2H3. The van der Waals surface area contributed by atoms with E-state index >= 15 is 0 Å². The van der Waals surface area contributed by atoms with Gasteiger partial charge in [0.1, 0.15) is 18.7 Å². The number of nitrogens with one attached hydrogen (secondary N) is 1. The summed E-state index contributed by atoms with van der Waals surface area (Å²) in [6.07, 6.45) is 1.51. The molecule has 1 aromatic heterocycles. The Kier molecular flexibility index (Phi) is 4.17. The van der Waals surface area contributed by atoms with Crippen LogP contribution in [0.25, 0.3) is 0 Å². The van der Waals surface area contributed by atoms with Gasteiger partial charge in [0.15, 0.2) is 5.82 Å². The van der Waals surface area contributed by atoms with Crippen molar-refractivity contribution < 1.29 is 4.74 Å². The molecular formula is C12H15ClN4O. The lowest BCUT2D eigenvalue weighted by Crippen LogP contribution is -2.10. The summed E-state index contributed by atoms with van der Waals surface area (Å²) >= 11 is 6.15. The first-order valence-corrected chi connectivity index (χ1v) is 5.98. The van der Waals surface area contributed by atoms with Crippen LogP contribution in [0.1, 0.15) is 11.4 Å². The van der Waals surface area contributed by atoms with Crippen molar-refractivity contribution in [3.63, 3.8) is 0 Å². The maximum atomic E-state index is 6.15. The number of nitrogens with zero attached hydrogens (tertiary/aromatic N) is 3. The van der Waals surface area contributed by atoms with Crippen LogP contribution in [0.15, 0.2) is 24.5 Å². The predicted octanol–water partition coefficient (Wildman–Crippen LogP) is 1.77. The monoisotopic (exact) mass is 266 g/mol. The highest BCUT2D eigenvalue weighted by atomic mass is 35.5. The van der Waals surface area contributed by atoms with Gasteiger partial charge in [-0.25, -0.2) is 4.98 Å². The van der Waals surface area contributed by atoms with Crippen molar-refractivity contribution >= 4 is 11.6 Å². The summed E-state index contributed by atoms with van der Waals surface area (Å²) in [5, 5.41) is 7.76. The average molecular weight is 267 g/mol. The van der Waals surface area contributed by atoms with E-state index in [0.29, 0.717) is 18.2 Å². The number of halogens is 1. The zero-order valence-corrected chi connectivity index (χ0v) is 11.1. The smallest absolute Gasteiger partial charge is 0.164 e. The molecule has 0 bridgehead atoms. The Labute approximate surface area is 111 Å². The number of hydrogen-bond donors (Lipinski definition) is 1. The van der Waals surface area contributed by atoms with Crippen LogP contribution in [0.4, 0.5) is 0 Å². The highest BCUT2D eigenvalue weighted by molar-refractivity contribution is 6.31. The number of rotatable bonds is 5. The highest BCUT2D eigenvalue weighted by Crippen LogP contribution is 2.26. The second kappa shape index (κ2) is 5.84. The number of hydrogen-bond acceptors (Lipinski definition) is 4. The fraction of sp³-hybridized carbons (Fsp3) is 0.333. The van der Waals surface area contributed by atoms with E-state index in [2.05, 4.69) is 15.4 Å². The molecule has 6 heteroatoms. The Morgan fingerprint density at radius 3 is 2.94 bits per heavy atom. The molecule has 2 rings (SSSR count). The third-order valence-corrected chi connectivity index (χ3v) is 2.95. The molecule has 1 aromatic carbocycles. The molecule has 0 aliphatic heterocycles. The van der Waals surface area contributed by atoms with Gasteiger partial charge < -0.3 is 10.1 Å². The van der Waals surface area contributed by atoms with Crippen molar-refractivity contribution in [1.29, 1.82) is 0 Å². The van der Waals surface area contributed by atoms with E-state index in [-0.39, 0.29) is 0 Å². The Morgan fingerprint density at radius 1 is 1.44 bits per heavy atom. The van der Waals surface area contributed by atoms with E-state index in [1.54, 1.807) is 4.68 Å². The molecule has 1 heterocycles.